The summed E-state index contributed by atoms with van der Waals surface area (Å²) >= 11 is 0. The number of ether oxygens (including phenoxy) is 1. The fourth-order valence-electron chi connectivity index (χ4n) is 2.39. The van der Waals surface area contributed by atoms with Crippen LogP contribution in [0.2, 0.25) is 0 Å². The Balaban J connectivity index is 1.91. The normalized spacial score (nSPS) is 22.8. The largest absolute Gasteiger partial charge is 0.480 e. The van der Waals surface area contributed by atoms with E-state index in [4.69, 9.17) is 5.11 Å². The molecule has 1 aliphatic carbocycles. The van der Waals surface area contributed by atoms with Gasteiger partial charge in [0.05, 0.1) is 19.4 Å². The fraction of sp³-hybridized carbons (Fsp3) is 0.692. The summed E-state index contributed by atoms with van der Waals surface area (Å²) in [5, 5.41) is 11.3. The van der Waals surface area contributed by atoms with E-state index < -0.39 is 36.2 Å². The number of esters is 1. The maximum Gasteiger partial charge on any atom is 0.326 e. The molecule has 21 heavy (non-hydrogen) atoms. The standard InChI is InChI=1S/C13H18N2O6/c1-21-11(17)5-9(13(19)20)14-12(18)7-4-10(16)15(6-7)8-2-3-8/h7-9H,2-6H2,1H3,(H,14,18)(H,19,20)/t7?,9-/m0/s1. The van der Waals surface area contributed by atoms with E-state index in [9.17, 15) is 19.2 Å². The van der Waals surface area contributed by atoms with Gasteiger partial charge in [-0.15, -0.1) is 0 Å². The van der Waals surface area contributed by atoms with E-state index >= 15 is 0 Å². The van der Waals surface area contributed by atoms with E-state index in [1.165, 1.54) is 0 Å². The lowest BCUT2D eigenvalue weighted by molar-refractivity contribution is -0.149. The van der Waals surface area contributed by atoms with Crippen LogP contribution in [0.25, 0.3) is 0 Å². The van der Waals surface area contributed by atoms with Gasteiger partial charge in [0.1, 0.15) is 6.04 Å². The first-order valence-corrected chi connectivity index (χ1v) is 6.81. The number of likely N-dealkylation sites (tertiary alicyclic amines) is 1. The van der Waals surface area contributed by atoms with Gasteiger partial charge >= 0.3 is 11.9 Å². The number of rotatable bonds is 6. The quantitative estimate of drug-likeness (QED) is 0.616. The number of nitrogens with zero attached hydrogens (tertiary/aromatic N) is 1. The molecular formula is C13H18N2O6. The zero-order chi connectivity index (χ0) is 15.6. The number of hydrogen-bond acceptors (Lipinski definition) is 5. The molecule has 2 rings (SSSR count). The topological polar surface area (TPSA) is 113 Å². The zero-order valence-corrected chi connectivity index (χ0v) is 11.7. The maximum atomic E-state index is 12.1. The van der Waals surface area contributed by atoms with Crippen LogP contribution in [0.15, 0.2) is 0 Å². The average molecular weight is 298 g/mol. The molecule has 2 amide bonds. The Morgan fingerprint density at radius 2 is 2.10 bits per heavy atom. The van der Waals surface area contributed by atoms with E-state index in [0.717, 1.165) is 20.0 Å². The molecule has 2 N–H and O–H groups in total. The van der Waals surface area contributed by atoms with E-state index in [1.807, 2.05) is 0 Å². The minimum atomic E-state index is -1.34. The molecule has 116 valence electrons. The van der Waals surface area contributed by atoms with Gasteiger partial charge in [-0.3, -0.25) is 14.4 Å². The van der Waals surface area contributed by atoms with Crippen LogP contribution in [0.1, 0.15) is 25.7 Å². The molecule has 8 heteroatoms. The van der Waals surface area contributed by atoms with Gasteiger partial charge in [0.2, 0.25) is 11.8 Å². The van der Waals surface area contributed by atoms with Crippen molar-refractivity contribution >= 4 is 23.8 Å². The van der Waals surface area contributed by atoms with E-state index in [0.29, 0.717) is 6.54 Å². The van der Waals surface area contributed by atoms with Gasteiger partial charge < -0.3 is 20.1 Å². The third-order valence-electron chi connectivity index (χ3n) is 3.73. The van der Waals surface area contributed by atoms with Crippen molar-refractivity contribution in [2.24, 2.45) is 5.92 Å². The monoisotopic (exact) mass is 298 g/mol. The van der Waals surface area contributed by atoms with Crippen molar-refractivity contribution in [2.45, 2.75) is 37.8 Å². The first kappa shape index (κ1) is 15.3. The summed E-state index contributed by atoms with van der Waals surface area (Å²) in [6.45, 7) is 0.319. The van der Waals surface area contributed by atoms with E-state index in [1.54, 1.807) is 4.90 Å². The SMILES string of the molecule is COC(=O)C[C@H](NC(=O)C1CC(=O)N(C2CC2)C1)C(=O)O. The Bertz CT molecular complexity index is 473. The van der Waals surface area contributed by atoms with Crippen LogP contribution in [0.4, 0.5) is 0 Å². The molecule has 1 saturated carbocycles. The summed E-state index contributed by atoms with van der Waals surface area (Å²) in [5.74, 6) is -3.17. The van der Waals surface area contributed by atoms with E-state index in [2.05, 4.69) is 10.1 Å². The van der Waals surface area contributed by atoms with Gasteiger partial charge in [0.25, 0.3) is 0 Å². The van der Waals surface area contributed by atoms with Crippen LogP contribution < -0.4 is 5.32 Å². The van der Waals surface area contributed by atoms with Crippen molar-refractivity contribution in [1.82, 2.24) is 10.2 Å². The van der Waals surface area contributed by atoms with Gasteiger partial charge in [-0.05, 0) is 12.8 Å². The van der Waals surface area contributed by atoms with Crippen LogP contribution in [-0.4, -0.2) is 59.5 Å². The predicted octanol–water partition coefficient (Wildman–Crippen LogP) is -0.870. The number of methoxy groups -OCH3 is 1. The van der Waals surface area contributed by atoms with Crippen LogP contribution in [-0.2, 0) is 23.9 Å². The van der Waals surface area contributed by atoms with Crippen molar-refractivity contribution < 1.29 is 29.0 Å². The smallest absolute Gasteiger partial charge is 0.326 e. The lowest BCUT2D eigenvalue weighted by Gasteiger charge is -2.17. The van der Waals surface area contributed by atoms with Crippen molar-refractivity contribution in [1.29, 1.82) is 0 Å². The first-order valence-electron chi connectivity index (χ1n) is 6.81. The van der Waals surface area contributed by atoms with Crippen LogP contribution >= 0.6 is 0 Å². The number of amides is 2. The van der Waals surface area contributed by atoms with Crippen molar-refractivity contribution in [3.05, 3.63) is 0 Å². The van der Waals surface area contributed by atoms with Crippen molar-refractivity contribution in [2.75, 3.05) is 13.7 Å². The molecule has 0 spiro atoms. The minimum Gasteiger partial charge on any atom is -0.480 e. The average Bonchev–Trinajstić information content (AvgIpc) is 3.20. The van der Waals surface area contributed by atoms with Gasteiger partial charge in [0, 0.05) is 19.0 Å². The number of aliphatic carboxylic acids is 1. The highest BCUT2D eigenvalue weighted by Crippen LogP contribution is 2.32. The Morgan fingerprint density at radius 1 is 1.43 bits per heavy atom. The summed E-state index contributed by atoms with van der Waals surface area (Å²) in [5.41, 5.74) is 0. The molecule has 8 nitrogen and oxygen atoms in total. The molecule has 1 heterocycles. The second kappa shape index (κ2) is 6.11. The molecule has 2 fully saturated rings. The Morgan fingerprint density at radius 3 is 2.62 bits per heavy atom. The number of hydrogen-bond donors (Lipinski definition) is 2. The van der Waals surface area contributed by atoms with Gasteiger partial charge in [-0.1, -0.05) is 0 Å². The second-order valence-electron chi connectivity index (χ2n) is 5.36. The Labute approximate surface area is 121 Å². The highest BCUT2D eigenvalue weighted by molar-refractivity contribution is 5.92. The molecule has 1 saturated heterocycles. The molecule has 2 atom stereocenters. The Hall–Kier alpha value is -2.12. The van der Waals surface area contributed by atoms with Gasteiger partial charge in [-0.25, -0.2) is 4.79 Å². The number of carboxylic acid groups (broad SMARTS) is 1. The molecule has 1 unspecified atom stereocenters. The molecule has 0 radical (unpaired) electrons. The van der Waals surface area contributed by atoms with Gasteiger partial charge in [-0.2, -0.15) is 0 Å². The third kappa shape index (κ3) is 3.71. The van der Waals surface area contributed by atoms with Crippen LogP contribution in [0, 0.1) is 5.92 Å². The first-order chi connectivity index (χ1) is 9.92. The highest BCUT2D eigenvalue weighted by atomic mass is 16.5. The lowest BCUT2D eigenvalue weighted by atomic mass is 10.1. The molecule has 0 aromatic carbocycles. The summed E-state index contributed by atoms with van der Waals surface area (Å²) in [6.07, 6.45) is 1.57. The highest BCUT2D eigenvalue weighted by Gasteiger charge is 2.42. The third-order valence-corrected chi connectivity index (χ3v) is 3.73. The summed E-state index contributed by atoms with van der Waals surface area (Å²) in [7, 11) is 1.15. The minimum absolute atomic E-state index is 0.0718. The zero-order valence-electron chi connectivity index (χ0n) is 11.7. The molecule has 2 aliphatic rings. The molecule has 0 bridgehead atoms. The number of carboxylic acids is 1. The number of carbonyl (C=O) groups excluding carboxylic acids is 3. The molecule has 0 aromatic rings. The second-order valence-corrected chi connectivity index (χ2v) is 5.36. The predicted molar refractivity (Wildman–Crippen MR) is 69.0 cm³/mol. The number of nitrogens with one attached hydrogen (secondary N) is 1. The fourth-order valence-corrected chi connectivity index (χ4v) is 2.39. The van der Waals surface area contributed by atoms with Crippen LogP contribution in [0.3, 0.4) is 0 Å². The Kier molecular flexibility index (Phi) is 4.44. The van der Waals surface area contributed by atoms with Crippen molar-refractivity contribution in [3.63, 3.8) is 0 Å². The summed E-state index contributed by atoms with van der Waals surface area (Å²) in [6, 6.07) is -1.10. The van der Waals surface area contributed by atoms with E-state index in [-0.39, 0.29) is 18.4 Å². The molecular weight excluding hydrogens is 280 g/mol. The maximum absolute atomic E-state index is 12.1. The molecule has 1 aliphatic heterocycles. The van der Waals surface area contributed by atoms with Gasteiger partial charge in [0.15, 0.2) is 0 Å². The summed E-state index contributed by atoms with van der Waals surface area (Å²) < 4.78 is 4.40. The number of carbonyl (C=O) groups is 4. The lowest BCUT2D eigenvalue weighted by Crippen LogP contribution is -2.45. The summed E-state index contributed by atoms with van der Waals surface area (Å²) in [4.78, 5) is 47.7. The molecule has 0 aromatic heterocycles. The van der Waals surface area contributed by atoms with Crippen LogP contribution in [0.5, 0.6) is 0 Å². The van der Waals surface area contributed by atoms with Crippen molar-refractivity contribution in [3.8, 4) is 0 Å².